The van der Waals surface area contributed by atoms with Gasteiger partial charge in [0, 0.05) is 11.4 Å². The summed E-state index contributed by atoms with van der Waals surface area (Å²) in [4.78, 5) is 11.9. The van der Waals surface area contributed by atoms with Crippen LogP contribution in [0.25, 0.3) is 0 Å². The molecule has 1 heterocycles. The number of rotatable bonds is 6. The first-order valence-corrected chi connectivity index (χ1v) is 7.61. The number of nitro groups is 1. The minimum absolute atomic E-state index is 0.0232. The predicted octanol–water partition coefficient (Wildman–Crippen LogP) is 4.43. The van der Waals surface area contributed by atoms with Gasteiger partial charge in [0.2, 0.25) is 0 Å². The molecule has 0 radical (unpaired) electrons. The van der Waals surface area contributed by atoms with Crippen molar-refractivity contribution in [2.24, 2.45) is 0 Å². The molecule has 0 bridgehead atoms. The van der Waals surface area contributed by atoms with Crippen molar-refractivity contribution in [2.75, 3.05) is 11.9 Å². The van der Waals surface area contributed by atoms with Crippen molar-refractivity contribution in [3.8, 4) is 5.75 Å². The standard InChI is InChI=1S/C13H13BrN2O3S/c1-2-19-11-5-3-4-10(13(11)16(17)18)15-8-9-6-7-12(14)20-9/h3-7,15H,2,8H2,1H3. The quantitative estimate of drug-likeness (QED) is 0.614. The predicted molar refractivity (Wildman–Crippen MR) is 83.6 cm³/mol. The van der Waals surface area contributed by atoms with Crippen LogP contribution in [0.1, 0.15) is 11.8 Å². The lowest BCUT2D eigenvalue weighted by molar-refractivity contribution is -0.384. The topological polar surface area (TPSA) is 64.4 Å². The number of ether oxygens (including phenoxy) is 1. The Morgan fingerprint density at radius 3 is 2.80 bits per heavy atom. The number of thiophene rings is 1. The maximum atomic E-state index is 11.2. The van der Waals surface area contributed by atoms with Crippen molar-refractivity contribution in [1.82, 2.24) is 0 Å². The average Bonchev–Trinajstić information content (AvgIpc) is 2.82. The number of halogens is 1. The second-order valence-corrected chi connectivity index (χ2v) is 6.45. The van der Waals surface area contributed by atoms with E-state index in [9.17, 15) is 10.1 Å². The van der Waals surface area contributed by atoms with Crippen molar-refractivity contribution >= 4 is 38.6 Å². The molecule has 1 N–H and O–H groups in total. The van der Waals surface area contributed by atoms with E-state index in [0.717, 1.165) is 8.66 Å². The number of hydrogen-bond donors (Lipinski definition) is 1. The zero-order valence-electron chi connectivity index (χ0n) is 10.8. The first-order chi connectivity index (χ1) is 9.61. The van der Waals surface area contributed by atoms with Gasteiger partial charge in [-0.3, -0.25) is 10.1 Å². The van der Waals surface area contributed by atoms with Crippen molar-refractivity contribution in [2.45, 2.75) is 13.5 Å². The highest BCUT2D eigenvalue weighted by Gasteiger charge is 2.20. The van der Waals surface area contributed by atoms with Gasteiger partial charge in [0.05, 0.1) is 15.3 Å². The summed E-state index contributed by atoms with van der Waals surface area (Å²) in [7, 11) is 0. The highest BCUT2D eigenvalue weighted by atomic mass is 79.9. The van der Waals surface area contributed by atoms with Crippen LogP contribution >= 0.6 is 27.3 Å². The van der Waals surface area contributed by atoms with Crippen molar-refractivity contribution in [1.29, 1.82) is 0 Å². The fraction of sp³-hybridized carbons (Fsp3) is 0.231. The lowest BCUT2D eigenvalue weighted by atomic mass is 10.2. The van der Waals surface area contributed by atoms with Gasteiger partial charge in [-0.25, -0.2) is 0 Å². The van der Waals surface area contributed by atoms with Gasteiger partial charge < -0.3 is 10.1 Å². The van der Waals surface area contributed by atoms with Gasteiger partial charge in [-0.15, -0.1) is 11.3 Å². The second kappa shape index (κ2) is 6.71. The van der Waals surface area contributed by atoms with E-state index in [0.29, 0.717) is 18.8 Å². The zero-order chi connectivity index (χ0) is 14.5. The highest BCUT2D eigenvalue weighted by Crippen LogP contribution is 2.35. The summed E-state index contributed by atoms with van der Waals surface area (Å²) < 4.78 is 6.34. The Kier molecular flexibility index (Phi) is 4.97. The van der Waals surface area contributed by atoms with Crippen molar-refractivity contribution in [3.05, 3.63) is 49.1 Å². The summed E-state index contributed by atoms with van der Waals surface area (Å²) >= 11 is 4.98. The van der Waals surface area contributed by atoms with E-state index in [2.05, 4.69) is 21.2 Å². The molecule has 0 spiro atoms. The van der Waals surface area contributed by atoms with Gasteiger partial charge >= 0.3 is 5.69 Å². The molecule has 1 aromatic heterocycles. The van der Waals surface area contributed by atoms with E-state index in [1.54, 1.807) is 36.5 Å². The molecule has 0 aliphatic rings. The molecule has 2 rings (SSSR count). The van der Waals surface area contributed by atoms with E-state index in [1.165, 1.54) is 0 Å². The third kappa shape index (κ3) is 3.49. The van der Waals surface area contributed by atoms with Crippen LogP contribution in [0.3, 0.4) is 0 Å². The Morgan fingerprint density at radius 2 is 2.20 bits per heavy atom. The lowest BCUT2D eigenvalue weighted by Gasteiger charge is -2.09. The normalized spacial score (nSPS) is 10.3. The maximum absolute atomic E-state index is 11.2. The van der Waals surface area contributed by atoms with E-state index in [-0.39, 0.29) is 11.4 Å². The summed E-state index contributed by atoms with van der Waals surface area (Å²) in [5, 5.41) is 14.3. The van der Waals surface area contributed by atoms with E-state index in [1.807, 2.05) is 12.1 Å². The minimum Gasteiger partial charge on any atom is -0.487 e. The lowest BCUT2D eigenvalue weighted by Crippen LogP contribution is -2.04. The molecule has 0 atom stereocenters. The smallest absolute Gasteiger partial charge is 0.333 e. The molecular weight excluding hydrogens is 344 g/mol. The number of hydrogen-bond acceptors (Lipinski definition) is 5. The Morgan fingerprint density at radius 1 is 1.40 bits per heavy atom. The summed E-state index contributed by atoms with van der Waals surface area (Å²) in [6.07, 6.45) is 0. The first-order valence-electron chi connectivity index (χ1n) is 6.00. The highest BCUT2D eigenvalue weighted by molar-refractivity contribution is 9.11. The summed E-state index contributed by atoms with van der Waals surface area (Å²) in [5.74, 6) is 0.287. The molecule has 0 aliphatic heterocycles. The number of nitrogens with zero attached hydrogens (tertiary/aromatic N) is 1. The molecule has 0 saturated heterocycles. The number of para-hydroxylation sites is 1. The Bertz CT molecular complexity index is 615. The molecule has 2 aromatic rings. The largest absolute Gasteiger partial charge is 0.487 e. The van der Waals surface area contributed by atoms with Crippen LogP contribution in [0.4, 0.5) is 11.4 Å². The fourth-order valence-corrected chi connectivity index (χ4v) is 3.18. The molecule has 106 valence electrons. The van der Waals surface area contributed by atoms with Crippen LogP contribution in [-0.2, 0) is 6.54 Å². The number of anilines is 1. The van der Waals surface area contributed by atoms with E-state index >= 15 is 0 Å². The molecule has 0 saturated carbocycles. The minimum atomic E-state index is -0.419. The number of benzene rings is 1. The van der Waals surface area contributed by atoms with Gasteiger partial charge in [0.15, 0.2) is 5.75 Å². The molecule has 0 unspecified atom stereocenters. The van der Waals surface area contributed by atoms with Crippen LogP contribution in [0.2, 0.25) is 0 Å². The van der Waals surface area contributed by atoms with Crippen LogP contribution < -0.4 is 10.1 Å². The Hall–Kier alpha value is -1.60. The molecule has 0 aliphatic carbocycles. The summed E-state index contributed by atoms with van der Waals surface area (Å²) in [6.45, 7) is 2.72. The molecule has 5 nitrogen and oxygen atoms in total. The van der Waals surface area contributed by atoms with Gasteiger partial charge in [0.1, 0.15) is 5.69 Å². The third-order valence-corrected chi connectivity index (χ3v) is 4.19. The molecule has 0 fully saturated rings. The van der Waals surface area contributed by atoms with Crippen LogP contribution in [0, 0.1) is 10.1 Å². The fourth-order valence-electron chi connectivity index (χ4n) is 1.75. The van der Waals surface area contributed by atoms with Crippen molar-refractivity contribution < 1.29 is 9.66 Å². The van der Waals surface area contributed by atoms with Crippen LogP contribution in [0.5, 0.6) is 5.75 Å². The number of nitro benzene ring substituents is 1. The Balaban J connectivity index is 2.22. The second-order valence-electron chi connectivity index (χ2n) is 3.90. The SMILES string of the molecule is CCOc1cccc(NCc2ccc(Br)s2)c1[N+](=O)[O-]. The maximum Gasteiger partial charge on any atom is 0.333 e. The van der Waals surface area contributed by atoms with Gasteiger partial charge in [-0.2, -0.15) is 0 Å². The molecule has 1 aromatic carbocycles. The van der Waals surface area contributed by atoms with Crippen molar-refractivity contribution in [3.63, 3.8) is 0 Å². The van der Waals surface area contributed by atoms with Gasteiger partial charge in [-0.05, 0) is 47.1 Å². The Labute approximate surface area is 128 Å². The average molecular weight is 357 g/mol. The van der Waals surface area contributed by atoms with Gasteiger partial charge in [0.25, 0.3) is 0 Å². The molecule has 20 heavy (non-hydrogen) atoms. The van der Waals surface area contributed by atoms with Crippen LogP contribution in [0.15, 0.2) is 34.1 Å². The van der Waals surface area contributed by atoms with Crippen LogP contribution in [-0.4, -0.2) is 11.5 Å². The zero-order valence-corrected chi connectivity index (χ0v) is 13.2. The summed E-state index contributed by atoms with van der Waals surface area (Å²) in [6, 6.07) is 8.95. The number of nitrogens with one attached hydrogen (secondary N) is 1. The monoisotopic (exact) mass is 356 g/mol. The van der Waals surface area contributed by atoms with Gasteiger partial charge in [-0.1, -0.05) is 6.07 Å². The third-order valence-electron chi connectivity index (χ3n) is 2.56. The molecule has 0 amide bonds. The summed E-state index contributed by atoms with van der Waals surface area (Å²) in [5.41, 5.74) is 0.440. The molecule has 7 heteroatoms. The molecular formula is C13H13BrN2O3S. The first kappa shape index (κ1) is 14.8. The van der Waals surface area contributed by atoms with E-state index < -0.39 is 4.92 Å². The van der Waals surface area contributed by atoms with E-state index in [4.69, 9.17) is 4.74 Å².